The van der Waals surface area contributed by atoms with Crippen molar-refractivity contribution in [2.24, 2.45) is 0 Å². The van der Waals surface area contributed by atoms with Crippen LogP contribution in [0.2, 0.25) is 0 Å². The minimum atomic E-state index is -0.585. The summed E-state index contributed by atoms with van der Waals surface area (Å²) in [6.07, 6.45) is 20.7. The first-order valence-corrected chi connectivity index (χ1v) is 14.0. The largest absolute Gasteiger partial charge is 0.379 e. The van der Waals surface area contributed by atoms with Gasteiger partial charge in [0.25, 0.3) is 0 Å². The molecule has 194 valence electrons. The summed E-state index contributed by atoms with van der Waals surface area (Å²) in [6.45, 7) is 9.79. The van der Waals surface area contributed by atoms with Crippen molar-refractivity contribution in [3.8, 4) is 0 Å². The number of nitrogens with zero attached hydrogens (tertiary/aromatic N) is 1. The van der Waals surface area contributed by atoms with Crippen molar-refractivity contribution in [3.63, 3.8) is 0 Å². The van der Waals surface area contributed by atoms with E-state index in [4.69, 9.17) is 0 Å². The molecule has 0 aromatic rings. The topological polar surface area (TPSA) is 72.7 Å². The van der Waals surface area contributed by atoms with E-state index in [1.54, 1.807) is 20.8 Å². The Kier molecular flexibility index (Phi) is 21.2. The average molecular weight is 460 g/mol. The molecule has 0 saturated heterocycles. The number of unbranched alkanes of at least 4 members (excludes halogenated alkanes) is 15. The van der Waals surface area contributed by atoms with Gasteiger partial charge < -0.3 is 15.3 Å². The van der Waals surface area contributed by atoms with E-state index >= 15 is 0 Å². The number of nitrogens with one attached hydrogen (secondary N) is 1. The molecule has 4 N–H and O–H groups in total. The third-order valence-electron chi connectivity index (χ3n) is 7.11. The average Bonchev–Trinajstić information content (AvgIpc) is 2.74. The molecule has 3 unspecified atom stereocenters. The van der Waals surface area contributed by atoms with Gasteiger partial charge in [-0.1, -0.05) is 96.8 Å². The Labute approximate surface area is 200 Å². The molecule has 0 spiro atoms. The fraction of sp³-hybridized carbons (Fsp3) is 1.00. The van der Waals surface area contributed by atoms with E-state index < -0.39 is 18.7 Å². The van der Waals surface area contributed by atoms with Crippen molar-refractivity contribution in [2.75, 3.05) is 19.6 Å². The second kappa shape index (κ2) is 21.3. The molecule has 0 aromatic carbocycles. The van der Waals surface area contributed by atoms with Crippen LogP contribution in [0.25, 0.3) is 0 Å². The highest BCUT2D eigenvalue weighted by molar-refractivity contribution is 4.54. The van der Waals surface area contributed by atoms with Crippen LogP contribution in [0.4, 0.5) is 0 Å². The molecule has 5 nitrogen and oxygen atoms in total. The number of rotatable bonds is 24. The van der Waals surface area contributed by atoms with Crippen LogP contribution in [-0.4, -0.2) is 58.1 Å². The van der Waals surface area contributed by atoms with Gasteiger partial charge >= 0.3 is 0 Å². The number of hydrogen-bond acceptors (Lipinski definition) is 4. The van der Waals surface area contributed by atoms with E-state index in [9.17, 15) is 15.3 Å². The third kappa shape index (κ3) is 16.4. The third-order valence-corrected chi connectivity index (χ3v) is 7.11. The van der Waals surface area contributed by atoms with Crippen LogP contribution < -0.4 is 5.32 Å². The highest BCUT2D eigenvalue weighted by Gasteiger charge is 2.36. The zero-order valence-corrected chi connectivity index (χ0v) is 22.2. The van der Waals surface area contributed by atoms with Gasteiger partial charge in [0.1, 0.15) is 6.23 Å². The van der Waals surface area contributed by atoms with Crippen LogP contribution in [0.3, 0.4) is 0 Å². The molecule has 0 aliphatic rings. The molecule has 0 saturated carbocycles. The molecule has 5 heteroatoms. The maximum absolute atomic E-state index is 10.4. The SMILES string of the molecule is CCCCCCCCCCCCCCCCCC[N+](CCCNC(C)O)(C(C)O)C(C)O. The Hall–Kier alpha value is -0.200. The van der Waals surface area contributed by atoms with Crippen LogP contribution in [-0.2, 0) is 0 Å². The Morgan fingerprint density at radius 3 is 1.22 bits per heavy atom. The number of quaternary nitrogens is 1. The van der Waals surface area contributed by atoms with Crippen LogP contribution in [0.5, 0.6) is 0 Å². The Balaban J connectivity index is 3.76. The first kappa shape index (κ1) is 31.8. The molecule has 0 aliphatic carbocycles. The van der Waals surface area contributed by atoms with E-state index in [1.807, 2.05) is 0 Å². The van der Waals surface area contributed by atoms with E-state index in [1.165, 1.54) is 96.3 Å². The van der Waals surface area contributed by atoms with Crippen LogP contribution in [0, 0.1) is 0 Å². The molecule has 0 fully saturated rings. The number of hydrogen-bond donors (Lipinski definition) is 4. The van der Waals surface area contributed by atoms with E-state index in [2.05, 4.69) is 12.2 Å². The number of aliphatic hydroxyl groups excluding tert-OH is 3. The van der Waals surface area contributed by atoms with Crippen LogP contribution in [0.15, 0.2) is 0 Å². The smallest absolute Gasteiger partial charge is 0.189 e. The van der Waals surface area contributed by atoms with Crippen LogP contribution in [0.1, 0.15) is 137 Å². The molecular weight excluding hydrogens is 400 g/mol. The van der Waals surface area contributed by atoms with Crippen molar-refractivity contribution in [3.05, 3.63) is 0 Å². The molecule has 0 aromatic heterocycles. The normalized spacial score (nSPS) is 16.6. The summed E-state index contributed by atoms with van der Waals surface area (Å²) in [5.41, 5.74) is 0. The van der Waals surface area contributed by atoms with E-state index in [-0.39, 0.29) is 0 Å². The summed E-state index contributed by atoms with van der Waals surface area (Å²) >= 11 is 0. The molecule has 0 radical (unpaired) electrons. The molecule has 0 aliphatic heterocycles. The zero-order chi connectivity index (χ0) is 24.1. The summed E-state index contributed by atoms with van der Waals surface area (Å²) in [7, 11) is 0. The second-order valence-corrected chi connectivity index (χ2v) is 10.1. The minimum Gasteiger partial charge on any atom is -0.379 e. The van der Waals surface area contributed by atoms with Crippen molar-refractivity contribution in [1.82, 2.24) is 5.32 Å². The lowest BCUT2D eigenvalue weighted by Crippen LogP contribution is -2.61. The van der Waals surface area contributed by atoms with Gasteiger partial charge in [-0.3, -0.25) is 9.80 Å². The maximum Gasteiger partial charge on any atom is 0.189 e. The van der Waals surface area contributed by atoms with Crippen molar-refractivity contribution in [1.29, 1.82) is 0 Å². The molecule has 0 heterocycles. The van der Waals surface area contributed by atoms with Gasteiger partial charge in [0.15, 0.2) is 12.5 Å². The monoisotopic (exact) mass is 459 g/mol. The highest BCUT2D eigenvalue weighted by Crippen LogP contribution is 2.21. The van der Waals surface area contributed by atoms with Gasteiger partial charge in [-0.05, 0) is 19.8 Å². The fourth-order valence-corrected chi connectivity index (χ4v) is 4.81. The Morgan fingerprint density at radius 1 is 0.531 bits per heavy atom. The summed E-state index contributed by atoms with van der Waals surface area (Å²) in [4.78, 5) is 0. The minimum absolute atomic E-state index is 0.333. The Bertz CT molecular complexity index is 381. The molecule has 0 amide bonds. The molecular formula is C27H59N2O3+. The van der Waals surface area contributed by atoms with Gasteiger partial charge in [0.05, 0.1) is 13.1 Å². The van der Waals surface area contributed by atoms with E-state index in [0.717, 1.165) is 19.4 Å². The summed E-state index contributed by atoms with van der Waals surface area (Å²) in [5.74, 6) is 0. The fourth-order valence-electron chi connectivity index (χ4n) is 4.81. The van der Waals surface area contributed by atoms with Gasteiger partial charge in [-0.25, -0.2) is 0 Å². The van der Waals surface area contributed by atoms with Crippen molar-refractivity contribution < 1.29 is 19.8 Å². The lowest BCUT2D eigenvalue weighted by Gasteiger charge is -2.43. The van der Waals surface area contributed by atoms with Gasteiger partial charge in [0.2, 0.25) is 0 Å². The standard InChI is InChI=1S/C27H59N2O3/c1-5-6-7-8-9-10-11-12-13-14-15-16-17-18-19-20-23-29(26(3)31,27(4)32)24-21-22-28-25(2)30/h25-28,30-32H,5-24H2,1-4H3/q+1. The number of aliphatic hydroxyl groups is 3. The highest BCUT2D eigenvalue weighted by atomic mass is 16.3. The summed E-state index contributed by atoms with van der Waals surface area (Å²) in [5, 5.41) is 33.2. The van der Waals surface area contributed by atoms with Crippen molar-refractivity contribution >= 4 is 0 Å². The predicted molar refractivity (Wildman–Crippen MR) is 137 cm³/mol. The zero-order valence-electron chi connectivity index (χ0n) is 22.2. The first-order chi connectivity index (χ1) is 15.4. The second-order valence-electron chi connectivity index (χ2n) is 10.1. The Morgan fingerprint density at radius 2 is 0.875 bits per heavy atom. The molecule has 3 atom stereocenters. The molecule has 0 rings (SSSR count). The van der Waals surface area contributed by atoms with Gasteiger partial charge in [0, 0.05) is 26.8 Å². The quantitative estimate of drug-likeness (QED) is 0.0804. The summed E-state index contributed by atoms with van der Waals surface area (Å²) < 4.78 is 0.333. The first-order valence-electron chi connectivity index (χ1n) is 14.0. The predicted octanol–water partition coefficient (Wildman–Crippen LogP) is 6.06. The lowest BCUT2D eigenvalue weighted by atomic mass is 10.0. The van der Waals surface area contributed by atoms with Crippen molar-refractivity contribution in [2.45, 2.75) is 156 Å². The van der Waals surface area contributed by atoms with Crippen LogP contribution >= 0.6 is 0 Å². The van der Waals surface area contributed by atoms with E-state index in [0.29, 0.717) is 17.6 Å². The maximum atomic E-state index is 10.4. The summed E-state index contributed by atoms with van der Waals surface area (Å²) in [6, 6.07) is 0. The van der Waals surface area contributed by atoms with Gasteiger partial charge in [-0.2, -0.15) is 0 Å². The lowest BCUT2D eigenvalue weighted by molar-refractivity contribution is -1.01. The molecule has 32 heavy (non-hydrogen) atoms. The van der Waals surface area contributed by atoms with Gasteiger partial charge in [-0.15, -0.1) is 0 Å². The molecule has 0 bridgehead atoms.